The Morgan fingerprint density at radius 3 is 2.59 bits per heavy atom. The highest BCUT2D eigenvalue weighted by molar-refractivity contribution is 5.92. The van der Waals surface area contributed by atoms with Gasteiger partial charge >= 0.3 is 0 Å². The van der Waals surface area contributed by atoms with Gasteiger partial charge in [0.05, 0.1) is 23.0 Å². The summed E-state index contributed by atoms with van der Waals surface area (Å²) in [6.07, 6.45) is 0.294. The van der Waals surface area contributed by atoms with Crippen molar-refractivity contribution in [2.45, 2.75) is 20.3 Å². The monoisotopic (exact) mass is 383 g/mol. The zero-order chi connectivity index (χ0) is 20.4. The average Bonchev–Trinajstić information content (AvgIpc) is 2.68. The second kappa shape index (κ2) is 7.72. The minimum absolute atomic E-state index is 0.103. The summed E-state index contributed by atoms with van der Waals surface area (Å²) in [5.74, 6) is 0.491. The van der Waals surface area contributed by atoms with Gasteiger partial charge in [-0.25, -0.2) is 4.98 Å². The molecule has 29 heavy (non-hydrogen) atoms. The number of nitrogens with one attached hydrogen (secondary N) is 1. The summed E-state index contributed by atoms with van der Waals surface area (Å²) in [5.41, 5.74) is 3.93. The lowest BCUT2D eigenvalue weighted by Gasteiger charge is -2.13. The molecule has 0 saturated carbocycles. The molecule has 0 radical (unpaired) electrons. The van der Waals surface area contributed by atoms with Crippen LogP contribution in [0.3, 0.4) is 0 Å². The number of para-hydroxylation sites is 1. The van der Waals surface area contributed by atoms with Crippen molar-refractivity contribution in [3.8, 4) is 5.69 Å². The van der Waals surface area contributed by atoms with Crippen molar-refractivity contribution < 1.29 is 4.79 Å². The summed E-state index contributed by atoms with van der Waals surface area (Å²) in [7, 11) is 0. The topological polar surface area (TPSA) is 64.0 Å². The van der Waals surface area contributed by atoms with Crippen LogP contribution >= 0.6 is 0 Å². The summed E-state index contributed by atoms with van der Waals surface area (Å²) in [6.45, 7) is 3.80. The van der Waals surface area contributed by atoms with Crippen LogP contribution in [-0.4, -0.2) is 15.5 Å². The lowest BCUT2D eigenvalue weighted by molar-refractivity contribution is -0.115. The van der Waals surface area contributed by atoms with Crippen molar-refractivity contribution in [1.29, 1.82) is 0 Å². The number of aryl methyl sites for hydroxylation is 2. The third-order valence-corrected chi connectivity index (χ3v) is 4.78. The number of carbonyl (C=O) groups excluding carboxylic acids is 1. The smallest absolute Gasteiger partial charge is 0.265 e. The summed E-state index contributed by atoms with van der Waals surface area (Å²) < 4.78 is 1.57. The van der Waals surface area contributed by atoms with Gasteiger partial charge in [-0.1, -0.05) is 48.0 Å². The van der Waals surface area contributed by atoms with Gasteiger partial charge in [-0.2, -0.15) is 0 Å². The highest BCUT2D eigenvalue weighted by Gasteiger charge is 2.11. The largest absolute Gasteiger partial charge is 0.326 e. The molecule has 4 aromatic rings. The number of aromatic nitrogens is 2. The number of hydrogen-bond donors (Lipinski definition) is 1. The van der Waals surface area contributed by atoms with E-state index in [1.54, 1.807) is 23.6 Å². The molecule has 0 fully saturated rings. The van der Waals surface area contributed by atoms with E-state index in [-0.39, 0.29) is 11.5 Å². The van der Waals surface area contributed by atoms with E-state index in [1.165, 1.54) is 0 Å². The molecule has 0 aliphatic rings. The molecule has 5 nitrogen and oxygen atoms in total. The van der Waals surface area contributed by atoms with Gasteiger partial charge < -0.3 is 5.32 Å². The van der Waals surface area contributed by atoms with Crippen LogP contribution in [0, 0.1) is 13.8 Å². The van der Waals surface area contributed by atoms with E-state index in [1.807, 2.05) is 67.6 Å². The zero-order valence-corrected chi connectivity index (χ0v) is 16.3. The lowest BCUT2D eigenvalue weighted by Crippen LogP contribution is -2.22. The molecule has 144 valence electrons. The Labute approximate surface area is 168 Å². The van der Waals surface area contributed by atoms with E-state index in [0.29, 0.717) is 34.5 Å². The normalized spacial score (nSPS) is 10.8. The summed E-state index contributed by atoms with van der Waals surface area (Å²) in [5, 5.41) is 3.48. The standard InChI is InChI=1S/C24H21N3O2/c1-16-7-5-8-18(13-16)14-23(28)26-19-9-6-10-20(15-19)27-17(2)25-22-12-4-3-11-21(22)24(27)29/h3-13,15H,14H2,1-2H3,(H,26,28). The van der Waals surface area contributed by atoms with Gasteiger partial charge in [0, 0.05) is 5.69 Å². The van der Waals surface area contributed by atoms with E-state index < -0.39 is 0 Å². The molecule has 3 aromatic carbocycles. The predicted octanol–water partition coefficient (Wildman–Crippen LogP) is 4.18. The zero-order valence-electron chi connectivity index (χ0n) is 16.3. The molecule has 0 spiro atoms. The maximum Gasteiger partial charge on any atom is 0.265 e. The maximum absolute atomic E-state index is 13.0. The molecule has 1 amide bonds. The molecule has 1 N–H and O–H groups in total. The highest BCUT2D eigenvalue weighted by Crippen LogP contribution is 2.17. The molecular formula is C24H21N3O2. The molecule has 0 saturated heterocycles. The Bertz CT molecular complexity index is 1270. The van der Waals surface area contributed by atoms with Crippen LogP contribution in [0.5, 0.6) is 0 Å². The van der Waals surface area contributed by atoms with Crippen molar-refractivity contribution in [1.82, 2.24) is 9.55 Å². The molecule has 0 atom stereocenters. The first kappa shape index (κ1) is 18.6. The molecule has 0 aliphatic heterocycles. The fourth-order valence-electron chi connectivity index (χ4n) is 3.48. The molecule has 0 aliphatic carbocycles. The van der Waals surface area contributed by atoms with E-state index in [2.05, 4.69) is 10.3 Å². The average molecular weight is 383 g/mol. The molecule has 4 rings (SSSR count). The van der Waals surface area contributed by atoms with E-state index in [9.17, 15) is 9.59 Å². The third kappa shape index (κ3) is 3.94. The summed E-state index contributed by atoms with van der Waals surface area (Å²) in [6, 6.07) is 22.4. The van der Waals surface area contributed by atoms with Crippen LogP contribution < -0.4 is 10.9 Å². The predicted molar refractivity (Wildman–Crippen MR) is 116 cm³/mol. The SMILES string of the molecule is Cc1cccc(CC(=O)Nc2cccc(-n3c(C)nc4ccccc4c3=O)c2)c1. The minimum atomic E-state index is -0.128. The fourth-order valence-corrected chi connectivity index (χ4v) is 3.48. The van der Waals surface area contributed by atoms with Crippen LogP contribution in [-0.2, 0) is 11.2 Å². The number of fused-ring (bicyclic) bond motifs is 1. The van der Waals surface area contributed by atoms with Crippen LogP contribution in [0.15, 0.2) is 77.6 Å². The molecule has 5 heteroatoms. The Kier molecular flexibility index (Phi) is 4.96. The highest BCUT2D eigenvalue weighted by atomic mass is 16.1. The third-order valence-electron chi connectivity index (χ3n) is 4.78. The van der Waals surface area contributed by atoms with Crippen molar-refractivity contribution in [2.24, 2.45) is 0 Å². The van der Waals surface area contributed by atoms with Gasteiger partial charge in [-0.05, 0) is 49.7 Å². The Balaban J connectivity index is 1.63. The Hall–Kier alpha value is -3.73. The first-order valence-electron chi connectivity index (χ1n) is 9.45. The van der Waals surface area contributed by atoms with E-state index in [4.69, 9.17) is 0 Å². The number of benzene rings is 3. The lowest BCUT2D eigenvalue weighted by atomic mass is 10.1. The number of nitrogens with zero attached hydrogens (tertiary/aromatic N) is 2. The summed E-state index contributed by atoms with van der Waals surface area (Å²) in [4.78, 5) is 30.0. The summed E-state index contributed by atoms with van der Waals surface area (Å²) >= 11 is 0. The molecular weight excluding hydrogens is 362 g/mol. The number of amides is 1. The van der Waals surface area contributed by atoms with Crippen LogP contribution in [0.4, 0.5) is 5.69 Å². The Morgan fingerprint density at radius 1 is 0.966 bits per heavy atom. The first-order chi connectivity index (χ1) is 14.0. The Morgan fingerprint density at radius 2 is 1.76 bits per heavy atom. The van der Waals surface area contributed by atoms with E-state index in [0.717, 1.165) is 11.1 Å². The van der Waals surface area contributed by atoms with Gasteiger partial charge in [0.2, 0.25) is 5.91 Å². The number of carbonyl (C=O) groups is 1. The second-order valence-corrected chi connectivity index (χ2v) is 7.08. The fraction of sp³-hybridized carbons (Fsp3) is 0.125. The van der Waals surface area contributed by atoms with Crippen molar-refractivity contribution in [3.05, 3.63) is 100 Å². The van der Waals surface area contributed by atoms with Crippen LogP contribution in [0.2, 0.25) is 0 Å². The van der Waals surface area contributed by atoms with E-state index >= 15 is 0 Å². The van der Waals surface area contributed by atoms with Gasteiger partial charge in [-0.3, -0.25) is 14.2 Å². The van der Waals surface area contributed by atoms with Gasteiger partial charge in [0.15, 0.2) is 0 Å². The van der Waals surface area contributed by atoms with Gasteiger partial charge in [0.25, 0.3) is 5.56 Å². The van der Waals surface area contributed by atoms with Crippen LogP contribution in [0.1, 0.15) is 17.0 Å². The number of anilines is 1. The van der Waals surface area contributed by atoms with Crippen molar-refractivity contribution in [2.75, 3.05) is 5.32 Å². The van der Waals surface area contributed by atoms with Gasteiger partial charge in [-0.15, -0.1) is 0 Å². The van der Waals surface area contributed by atoms with Crippen molar-refractivity contribution in [3.63, 3.8) is 0 Å². The first-order valence-corrected chi connectivity index (χ1v) is 9.45. The molecule has 0 bridgehead atoms. The van der Waals surface area contributed by atoms with Crippen LogP contribution in [0.25, 0.3) is 16.6 Å². The molecule has 0 unspecified atom stereocenters. The molecule has 1 aromatic heterocycles. The van der Waals surface area contributed by atoms with Crippen molar-refractivity contribution >= 4 is 22.5 Å². The number of rotatable bonds is 4. The van der Waals surface area contributed by atoms with Gasteiger partial charge in [0.1, 0.15) is 5.82 Å². The second-order valence-electron chi connectivity index (χ2n) is 7.08. The maximum atomic E-state index is 13.0. The minimum Gasteiger partial charge on any atom is -0.326 e. The number of hydrogen-bond acceptors (Lipinski definition) is 3. The quantitative estimate of drug-likeness (QED) is 0.575. The molecule has 1 heterocycles.